The Morgan fingerprint density at radius 1 is 1.40 bits per heavy atom. The van der Waals surface area contributed by atoms with Crippen molar-refractivity contribution in [2.24, 2.45) is 0 Å². The average Bonchev–Trinajstić information content (AvgIpc) is 1.99. The van der Waals surface area contributed by atoms with Crippen LogP contribution in [0.25, 0.3) is 0 Å². The maximum absolute atomic E-state index is 12.4. The summed E-state index contributed by atoms with van der Waals surface area (Å²) < 4.78 is 36.6. The number of nitro groups is 1. The van der Waals surface area contributed by atoms with Gasteiger partial charge in [-0.1, -0.05) is 0 Å². The number of alkyl halides is 3. The Morgan fingerprint density at radius 2 is 1.93 bits per heavy atom. The Labute approximate surface area is 89.6 Å². The molecule has 0 saturated carbocycles. The van der Waals surface area contributed by atoms with Crippen LogP contribution >= 0.6 is 15.9 Å². The van der Waals surface area contributed by atoms with E-state index >= 15 is 0 Å². The summed E-state index contributed by atoms with van der Waals surface area (Å²) in [5.41, 5.74) is -2.60. The van der Waals surface area contributed by atoms with Crippen LogP contribution < -0.4 is 0 Å². The van der Waals surface area contributed by atoms with Crippen molar-refractivity contribution in [2.75, 3.05) is 0 Å². The SMILES string of the molecule is O=[N+]([O-])c1cc(O)cc(Br)c1C(F)(F)F. The number of halogens is 4. The van der Waals surface area contributed by atoms with Crippen molar-refractivity contribution in [3.63, 3.8) is 0 Å². The van der Waals surface area contributed by atoms with E-state index in [0.717, 1.165) is 6.07 Å². The Bertz CT molecular complexity index is 419. The molecule has 82 valence electrons. The van der Waals surface area contributed by atoms with Crippen molar-refractivity contribution in [3.8, 4) is 5.75 Å². The van der Waals surface area contributed by atoms with Gasteiger partial charge in [0.15, 0.2) is 0 Å². The minimum atomic E-state index is -4.85. The molecule has 0 aliphatic carbocycles. The van der Waals surface area contributed by atoms with E-state index in [1.807, 2.05) is 0 Å². The molecule has 1 aromatic rings. The predicted octanol–water partition coefficient (Wildman–Crippen LogP) is 3.08. The topological polar surface area (TPSA) is 63.4 Å². The molecule has 0 aliphatic heterocycles. The second kappa shape index (κ2) is 3.69. The summed E-state index contributed by atoms with van der Waals surface area (Å²) in [6.45, 7) is 0. The number of phenols is 1. The number of nitrogens with zero attached hydrogens (tertiary/aromatic N) is 1. The number of hydrogen-bond acceptors (Lipinski definition) is 3. The van der Waals surface area contributed by atoms with Crippen LogP contribution in [0.5, 0.6) is 5.75 Å². The number of aromatic hydroxyl groups is 1. The van der Waals surface area contributed by atoms with Crippen LogP contribution in [-0.2, 0) is 6.18 Å². The van der Waals surface area contributed by atoms with E-state index in [2.05, 4.69) is 15.9 Å². The third-order valence-corrected chi connectivity index (χ3v) is 2.16. The minimum absolute atomic E-state index is 0.452. The summed E-state index contributed by atoms with van der Waals surface area (Å²) in [4.78, 5) is 9.15. The average molecular weight is 286 g/mol. The third-order valence-electron chi connectivity index (χ3n) is 1.53. The maximum atomic E-state index is 12.4. The smallest absolute Gasteiger partial charge is 0.424 e. The molecule has 0 atom stereocenters. The highest BCUT2D eigenvalue weighted by molar-refractivity contribution is 9.10. The molecule has 0 unspecified atom stereocenters. The van der Waals surface area contributed by atoms with Gasteiger partial charge >= 0.3 is 6.18 Å². The molecule has 0 heterocycles. The van der Waals surface area contributed by atoms with Crippen molar-refractivity contribution in [2.45, 2.75) is 6.18 Å². The standard InChI is InChI=1S/C7H3BrF3NO3/c8-4-1-3(13)2-5(12(14)15)6(4)7(9,10)11/h1-2,13H. The second-order valence-electron chi connectivity index (χ2n) is 2.58. The lowest BCUT2D eigenvalue weighted by Gasteiger charge is -2.09. The van der Waals surface area contributed by atoms with E-state index in [4.69, 9.17) is 5.11 Å². The molecule has 1 aromatic carbocycles. The minimum Gasteiger partial charge on any atom is -0.508 e. The lowest BCUT2D eigenvalue weighted by atomic mass is 10.1. The molecule has 0 radical (unpaired) electrons. The number of nitro benzene ring substituents is 1. The van der Waals surface area contributed by atoms with Crippen LogP contribution in [0.3, 0.4) is 0 Å². The van der Waals surface area contributed by atoms with Crippen molar-refractivity contribution in [1.82, 2.24) is 0 Å². The van der Waals surface area contributed by atoms with Crippen LogP contribution in [0.4, 0.5) is 18.9 Å². The fraction of sp³-hybridized carbons (Fsp3) is 0.143. The molecule has 4 nitrogen and oxygen atoms in total. The fourth-order valence-corrected chi connectivity index (χ4v) is 1.67. The second-order valence-corrected chi connectivity index (χ2v) is 3.43. The zero-order valence-electron chi connectivity index (χ0n) is 6.88. The van der Waals surface area contributed by atoms with Gasteiger partial charge in [0.05, 0.1) is 11.0 Å². The largest absolute Gasteiger partial charge is 0.508 e. The first-order valence-corrected chi connectivity index (χ1v) is 4.27. The van der Waals surface area contributed by atoms with Crippen molar-refractivity contribution >= 4 is 21.6 Å². The highest BCUT2D eigenvalue weighted by Crippen LogP contribution is 2.42. The van der Waals surface area contributed by atoms with Crippen LogP contribution in [0.1, 0.15) is 5.56 Å². The summed E-state index contributed by atoms with van der Waals surface area (Å²) in [5.74, 6) is -0.610. The van der Waals surface area contributed by atoms with Gasteiger partial charge in [-0.2, -0.15) is 13.2 Å². The number of rotatable bonds is 1. The lowest BCUT2D eigenvalue weighted by Crippen LogP contribution is -2.09. The van der Waals surface area contributed by atoms with Crippen molar-refractivity contribution in [3.05, 3.63) is 32.3 Å². The van der Waals surface area contributed by atoms with Gasteiger partial charge in [-0.3, -0.25) is 10.1 Å². The molecule has 1 N–H and O–H groups in total. The quantitative estimate of drug-likeness (QED) is 0.637. The van der Waals surface area contributed by atoms with E-state index in [-0.39, 0.29) is 0 Å². The van der Waals surface area contributed by atoms with E-state index in [1.165, 1.54) is 0 Å². The van der Waals surface area contributed by atoms with Gasteiger partial charge in [0.2, 0.25) is 0 Å². The maximum Gasteiger partial charge on any atom is 0.424 e. The summed E-state index contributed by atoms with van der Waals surface area (Å²) in [7, 11) is 0. The zero-order chi connectivity index (χ0) is 11.8. The fourth-order valence-electron chi connectivity index (χ4n) is 1.00. The molecule has 0 fully saturated rings. The van der Waals surface area contributed by atoms with Crippen molar-refractivity contribution < 1.29 is 23.2 Å². The zero-order valence-corrected chi connectivity index (χ0v) is 8.46. The molecule has 0 bridgehead atoms. The molecular weight excluding hydrogens is 283 g/mol. The Balaban J connectivity index is 3.55. The Kier molecular flexibility index (Phi) is 2.89. The van der Waals surface area contributed by atoms with Gasteiger partial charge in [-0.05, 0) is 22.0 Å². The number of benzene rings is 1. The van der Waals surface area contributed by atoms with E-state index < -0.39 is 32.6 Å². The summed E-state index contributed by atoms with van der Waals surface area (Å²) in [6, 6.07) is 1.20. The Hall–Kier alpha value is -1.31. The first-order valence-electron chi connectivity index (χ1n) is 3.47. The molecule has 15 heavy (non-hydrogen) atoms. The monoisotopic (exact) mass is 285 g/mol. The van der Waals surface area contributed by atoms with Crippen LogP contribution in [0.15, 0.2) is 16.6 Å². The van der Waals surface area contributed by atoms with E-state index in [9.17, 15) is 23.3 Å². The highest BCUT2D eigenvalue weighted by Gasteiger charge is 2.41. The summed E-state index contributed by atoms with van der Waals surface area (Å²) >= 11 is 2.52. The van der Waals surface area contributed by atoms with Gasteiger partial charge < -0.3 is 5.11 Å². The van der Waals surface area contributed by atoms with E-state index in [1.54, 1.807) is 0 Å². The summed E-state index contributed by atoms with van der Waals surface area (Å²) in [6.07, 6.45) is -4.85. The molecule has 0 saturated heterocycles. The molecule has 0 aromatic heterocycles. The third kappa shape index (κ3) is 2.38. The first-order chi connectivity index (χ1) is 6.73. The first kappa shape index (κ1) is 11.8. The van der Waals surface area contributed by atoms with Crippen LogP contribution in [-0.4, -0.2) is 10.0 Å². The molecular formula is C7H3BrF3NO3. The predicted molar refractivity (Wildman–Crippen MR) is 47.5 cm³/mol. The van der Waals surface area contributed by atoms with Crippen LogP contribution in [0, 0.1) is 10.1 Å². The molecule has 0 spiro atoms. The van der Waals surface area contributed by atoms with Crippen molar-refractivity contribution in [1.29, 1.82) is 0 Å². The van der Waals surface area contributed by atoms with Crippen LogP contribution in [0.2, 0.25) is 0 Å². The lowest BCUT2D eigenvalue weighted by molar-refractivity contribution is -0.388. The van der Waals surface area contributed by atoms with Gasteiger partial charge in [-0.15, -0.1) is 0 Å². The number of phenolic OH excluding ortho intramolecular Hbond substituents is 1. The van der Waals surface area contributed by atoms with Gasteiger partial charge in [0.1, 0.15) is 11.3 Å². The Morgan fingerprint density at radius 3 is 2.33 bits per heavy atom. The normalized spacial score (nSPS) is 11.5. The molecule has 8 heteroatoms. The molecule has 1 rings (SSSR count). The number of hydrogen-bond donors (Lipinski definition) is 1. The van der Waals surface area contributed by atoms with Gasteiger partial charge in [0, 0.05) is 4.47 Å². The van der Waals surface area contributed by atoms with Gasteiger partial charge in [0.25, 0.3) is 5.69 Å². The highest BCUT2D eigenvalue weighted by atomic mass is 79.9. The summed E-state index contributed by atoms with van der Waals surface area (Å²) in [5, 5.41) is 19.3. The van der Waals surface area contributed by atoms with Gasteiger partial charge in [-0.25, -0.2) is 0 Å². The molecule has 0 amide bonds. The molecule has 0 aliphatic rings. The van der Waals surface area contributed by atoms with E-state index in [0.29, 0.717) is 6.07 Å².